The second-order valence-corrected chi connectivity index (χ2v) is 6.80. The zero-order valence-corrected chi connectivity index (χ0v) is 17.7. The van der Waals surface area contributed by atoms with Crippen LogP contribution in [0.1, 0.15) is 0 Å². The minimum Gasteiger partial charge on any atom is -0.383 e. The Morgan fingerprint density at radius 1 is 0.900 bits per heavy atom. The van der Waals surface area contributed by atoms with Gasteiger partial charge in [0.2, 0.25) is 0 Å². The zero-order chi connectivity index (χ0) is 21.2. The van der Waals surface area contributed by atoms with Gasteiger partial charge >= 0.3 is 0 Å². The molecule has 162 valence electrons. The molecule has 0 aliphatic carbocycles. The zero-order valence-electron chi connectivity index (χ0n) is 16.9. The summed E-state index contributed by atoms with van der Waals surface area (Å²) in [4.78, 5) is 8.46. The summed E-state index contributed by atoms with van der Waals surface area (Å²) < 4.78 is 23.1. The number of hydrogen-bond donors (Lipinski definition) is 1. The molecule has 0 saturated carbocycles. The molecule has 3 rings (SSSR count). The number of halogens is 1. The fraction of sp³-hybridized carbons (Fsp3) is 0.450. The Morgan fingerprint density at radius 2 is 1.53 bits per heavy atom. The molecule has 0 saturated heterocycles. The van der Waals surface area contributed by atoms with Gasteiger partial charge in [-0.25, -0.2) is 14.6 Å². The van der Waals surface area contributed by atoms with Crippen LogP contribution in [0.15, 0.2) is 30.6 Å². The molecule has 2 aromatic heterocycles. The quantitative estimate of drug-likeness (QED) is 0.408. The molecular formula is C20H26ClN5O4. The van der Waals surface area contributed by atoms with E-state index in [1.807, 2.05) is 24.3 Å². The van der Waals surface area contributed by atoms with Gasteiger partial charge in [-0.1, -0.05) is 23.7 Å². The van der Waals surface area contributed by atoms with E-state index in [9.17, 15) is 0 Å². The summed E-state index contributed by atoms with van der Waals surface area (Å²) in [6.07, 6.45) is 1.44. The summed E-state index contributed by atoms with van der Waals surface area (Å²) in [5, 5.41) is 6.06. The summed E-state index contributed by atoms with van der Waals surface area (Å²) >= 11 is 6.00. The van der Waals surface area contributed by atoms with E-state index >= 15 is 0 Å². The molecule has 0 aliphatic rings. The van der Waals surface area contributed by atoms with Gasteiger partial charge in [0.1, 0.15) is 17.8 Å². The molecule has 9 nitrogen and oxygen atoms in total. The standard InChI is InChI=1S/C20H26ClN5O4/c1-27-8-9-29-12-13-30-11-10-28-7-6-26-20-17(19(22)23-14-24-20)18(25-26)15-2-4-16(21)5-3-15/h2-5,14H,6-13H2,1H3,(H2,22,23,24). The normalized spacial score (nSPS) is 11.4. The van der Waals surface area contributed by atoms with Crippen LogP contribution in [0.3, 0.4) is 0 Å². The van der Waals surface area contributed by atoms with Crippen molar-refractivity contribution >= 4 is 28.5 Å². The van der Waals surface area contributed by atoms with E-state index in [-0.39, 0.29) is 0 Å². The van der Waals surface area contributed by atoms with E-state index < -0.39 is 0 Å². The third-order valence-electron chi connectivity index (χ3n) is 4.30. The number of nitrogen functional groups attached to an aromatic ring is 1. The number of anilines is 1. The highest BCUT2D eigenvalue weighted by Crippen LogP contribution is 2.30. The van der Waals surface area contributed by atoms with Crippen molar-refractivity contribution in [2.75, 3.05) is 59.1 Å². The molecule has 0 bridgehead atoms. The van der Waals surface area contributed by atoms with Crippen LogP contribution in [0.4, 0.5) is 5.82 Å². The van der Waals surface area contributed by atoms with E-state index in [0.29, 0.717) is 69.3 Å². The van der Waals surface area contributed by atoms with Gasteiger partial charge in [0, 0.05) is 17.7 Å². The molecule has 2 heterocycles. The predicted octanol–water partition coefficient (Wildman–Crippen LogP) is 2.43. The average molecular weight is 436 g/mol. The minimum absolute atomic E-state index is 0.387. The van der Waals surface area contributed by atoms with E-state index in [4.69, 9.17) is 36.3 Å². The predicted molar refractivity (Wildman–Crippen MR) is 115 cm³/mol. The molecule has 0 spiro atoms. The Hall–Kier alpha value is -2.30. The second-order valence-electron chi connectivity index (χ2n) is 6.37. The first-order valence-electron chi connectivity index (χ1n) is 9.66. The van der Waals surface area contributed by atoms with E-state index in [0.717, 1.165) is 16.6 Å². The summed E-state index contributed by atoms with van der Waals surface area (Å²) in [6, 6.07) is 7.42. The lowest BCUT2D eigenvalue weighted by Crippen LogP contribution is -2.13. The summed E-state index contributed by atoms with van der Waals surface area (Å²) in [6.45, 7) is 4.20. The summed E-state index contributed by atoms with van der Waals surface area (Å²) in [5.41, 5.74) is 8.38. The number of rotatable bonds is 13. The van der Waals surface area contributed by atoms with Gasteiger partial charge in [0.05, 0.1) is 58.2 Å². The third-order valence-corrected chi connectivity index (χ3v) is 4.55. The maximum atomic E-state index is 6.10. The number of benzene rings is 1. The number of ether oxygens (including phenoxy) is 4. The smallest absolute Gasteiger partial charge is 0.164 e. The average Bonchev–Trinajstić information content (AvgIpc) is 3.12. The molecule has 0 fully saturated rings. The van der Waals surface area contributed by atoms with Crippen LogP contribution in [0, 0.1) is 0 Å². The highest BCUT2D eigenvalue weighted by atomic mass is 35.5. The lowest BCUT2D eigenvalue weighted by Gasteiger charge is -2.07. The monoisotopic (exact) mass is 435 g/mol. The molecule has 0 atom stereocenters. The van der Waals surface area contributed by atoms with Gasteiger partial charge in [0.25, 0.3) is 0 Å². The van der Waals surface area contributed by atoms with Crippen LogP contribution in [-0.2, 0) is 25.5 Å². The van der Waals surface area contributed by atoms with Crippen LogP contribution in [0.5, 0.6) is 0 Å². The third kappa shape index (κ3) is 6.10. The van der Waals surface area contributed by atoms with Crippen molar-refractivity contribution < 1.29 is 18.9 Å². The lowest BCUT2D eigenvalue weighted by atomic mass is 10.1. The van der Waals surface area contributed by atoms with Crippen molar-refractivity contribution in [3.8, 4) is 11.3 Å². The topological polar surface area (TPSA) is 107 Å². The second kappa shape index (κ2) is 11.8. The van der Waals surface area contributed by atoms with Gasteiger partial charge in [-0.05, 0) is 12.1 Å². The van der Waals surface area contributed by atoms with Crippen molar-refractivity contribution in [3.63, 3.8) is 0 Å². The van der Waals surface area contributed by atoms with Crippen molar-refractivity contribution in [1.82, 2.24) is 19.7 Å². The molecule has 1 aromatic carbocycles. The molecule has 10 heteroatoms. The Morgan fingerprint density at radius 3 is 2.20 bits per heavy atom. The molecule has 30 heavy (non-hydrogen) atoms. The molecule has 0 radical (unpaired) electrons. The van der Waals surface area contributed by atoms with Gasteiger partial charge < -0.3 is 24.7 Å². The number of nitrogens with two attached hydrogens (primary N) is 1. The van der Waals surface area contributed by atoms with Crippen LogP contribution < -0.4 is 5.73 Å². The van der Waals surface area contributed by atoms with Crippen molar-refractivity contribution in [3.05, 3.63) is 35.6 Å². The molecule has 3 aromatic rings. The van der Waals surface area contributed by atoms with Crippen molar-refractivity contribution in [2.24, 2.45) is 0 Å². The minimum atomic E-state index is 0.387. The highest BCUT2D eigenvalue weighted by molar-refractivity contribution is 6.30. The van der Waals surface area contributed by atoms with Crippen LogP contribution in [0.2, 0.25) is 5.02 Å². The van der Waals surface area contributed by atoms with Crippen molar-refractivity contribution in [1.29, 1.82) is 0 Å². The first-order chi connectivity index (χ1) is 14.7. The van der Waals surface area contributed by atoms with Gasteiger partial charge in [-0.2, -0.15) is 5.10 Å². The van der Waals surface area contributed by atoms with Gasteiger partial charge in [0.15, 0.2) is 5.65 Å². The SMILES string of the molecule is COCCOCCOCCOCCn1nc(-c2ccc(Cl)cc2)c2c(N)ncnc21. The summed E-state index contributed by atoms with van der Waals surface area (Å²) in [5.74, 6) is 0.387. The maximum absolute atomic E-state index is 6.10. The van der Waals surface area contributed by atoms with Crippen molar-refractivity contribution in [2.45, 2.75) is 6.54 Å². The van der Waals surface area contributed by atoms with Crippen LogP contribution in [0.25, 0.3) is 22.3 Å². The van der Waals surface area contributed by atoms with Crippen LogP contribution >= 0.6 is 11.6 Å². The number of methoxy groups -OCH3 is 1. The molecular weight excluding hydrogens is 410 g/mol. The fourth-order valence-corrected chi connectivity index (χ4v) is 2.96. The fourth-order valence-electron chi connectivity index (χ4n) is 2.83. The molecule has 0 unspecified atom stereocenters. The number of nitrogens with zero attached hydrogens (tertiary/aromatic N) is 4. The lowest BCUT2D eigenvalue weighted by molar-refractivity contribution is 0.00258. The first kappa shape index (κ1) is 22.4. The van der Waals surface area contributed by atoms with E-state index in [2.05, 4.69) is 15.1 Å². The molecule has 0 aliphatic heterocycles. The van der Waals surface area contributed by atoms with Crippen LogP contribution in [-0.4, -0.2) is 73.1 Å². The summed E-state index contributed by atoms with van der Waals surface area (Å²) in [7, 11) is 1.64. The maximum Gasteiger partial charge on any atom is 0.164 e. The Kier molecular flexibility index (Phi) is 8.79. The number of aromatic nitrogens is 4. The van der Waals surface area contributed by atoms with E-state index in [1.165, 1.54) is 6.33 Å². The number of hydrogen-bond acceptors (Lipinski definition) is 8. The molecule has 0 amide bonds. The first-order valence-corrected chi connectivity index (χ1v) is 10.0. The highest BCUT2D eigenvalue weighted by Gasteiger charge is 2.16. The molecule has 2 N–H and O–H groups in total. The number of fused-ring (bicyclic) bond motifs is 1. The Bertz CT molecular complexity index is 919. The largest absolute Gasteiger partial charge is 0.383 e. The van der Waals surface area contributed by atoms with Gasteiger partial charge in [-0.15, -0.1) is 0 Å². The Labute approximate surface area is 180 Å². The van der Waals surface area contributed by atoms with Gasteiger partial charge in [-0.3, -0.25) is 0 Å². The Balaban J connectivity index is 1.51. The van der Waals surface area contributed by atoms with E-state index in [1.54, 1.807) is 11.8 Å².